The van der Waals surface area contributed by atoms with Gasteiger partial charge in [-0.1, -0.05) is 18.5 Å². The number of halogens is 1. The Morgan fingerprint density at radius 3 is 2.72 bits per heavy atom. The minimum Gasteiger partial charge on any atom is -0.293 e. The van der Waals surface area contributed by atoms with Crippen molar-refractivity contribution in [3.8, 4) is 0 Å². The lowest BCUT2D eigenvalue weighted by molar-refractivity contribution is 0.0994. The Hall–Kier alpha value is -1.13. The molecule has 3 nitrogen and oxygen atoms in total. The number of nitrogens with zero attached hydrogens (tertiary/aromatic N) is 2. The van der Waals surface area contributed by atoms with Crippen LogP contribution in [-0.2, 0) is 19.9 Å². The summed E-state index contributed by atoms with van der Waals surface area (Å²) in [5.41, 5.74) is 1.55. The second kappa shape index (κ2) is 5.24. The van der Waals surface area contributed by atoms with E-state index in [1.807, 2.05) is 26.1 Å². The van der Waals surface area contributed by atoms with Gasteiger partial charge in [0.2, 0.25) is 0 Å². The van der Waals surface area contributed by atoms with Crippen molar-refractivity contribution < 1.29 is 4.79 Å². The zero-order valence-electron chi connectivity index (χ0n) is 10.7. The molecule has 0 N–H and O–H groups in total. The van der Waals surface area contributed by atoms with Crippen LogP contribution in [0.2, 0.25) is 5.02 Å². The highest BCUT2D eigenvalue weighted by atomic mass is 35.5. The second-order valence-corrected chi connectivity index (χ2v) is 5.74. The Bertz CT molecular complexity index is 586. The molecule has 5 heteroatoms. The number of ketones is 1. The number of carbonyl (C=O) groups excluding carboxylic acids is 1. The van der Waals surface area contributed by atoms with Crippen LogP contribution in [-0.4, -0.2) is 15.6 Å². The summed E-state index contributed by atoms with van der Waals surface area (Å²) in [5.74, 6) is 0.101. The molecule has 0 atom stereocenters. The molecule has 0 aliphatic rings. The van der Waals surface area contributed by atoms with Gasteiger partial charge in [-0.25, -0.2) is 0 Å². The number of Topliss-reactive ketones (excluding diaryl/α,β-unsaturated/α-hetero) is 1. The molecule has 0 aromatic carbocycles. The van der Waals surface area contributed by atoms with Gasteiger partial charge >= 0.3 is 0 Å². The number of rotatable bonds is 4. The van der Waals surface area contributed by atoms with Crippen LogP contribution >= 0.6 is 22.9 Å². The summed E-state index contributed by atoms with van der Waals surface area (Å²) in [6.07, 6.45) is 1.27. The maximum atomic E-state index is 12.2. The maximum Gasteiger partial charge on any atom is 0.178 e. The molecular weight excluding hydrogens is 268 g/mol. The molecule has 96 valence electrons. The van der Waals surface area contributed by atoms with E-state index >= 15 is 0 Å². The minimum absolute atomic E-state index is 0.101. The number of carbonyl (C=O) groups is 1. The summed E-state index contributed by atoms with van der Waals surface area (Å²) in [6.45, 7) is 3.93. The maximum absolute atomic E-state index is 12.2. The number of hydrogen-bond donors (Lipinski definition) is 0. The summed E-state index contributed by atoms with van der Waals surface area (Å²) < 4.78 is 1.68. The van der Waals surface area contributed by atoms with E-state index in [1.54, 1.807) is 16.0 Å². The summed E-state index contributed by atoms with van der Waals surface area (Å²) in [6, 6.07) is 3.90. The Balaban J connectivity index is 2.21. The van der Waals surface area contributed by atoms with Crippen molar-refractivity contribution in [2.45, 2.75) is 26.7 Å². The van der Waals surface area contributed by atoms with Crippen LogP contribution in [0.4, 0.5) is 0 Å². The molecule has 0 saturated heterocycles. The largest absolute Gasteiger partial charge is 0.293 e. The minimum atomic E-state index is 0.101. The van der Waals surface area contributed by atoms with Crippen molar-refractivity contribution >= 4 is 28.7 Å². The fourth-order valence-electron chi connectivity index (χ4n) is 1.83. The standard InChI is InChI=1S/C13H15ClN2OS/c1-4-9-5-6-12(18-9)11(17)7-10-13(14)8(2)15-16(10)3/h5-6H,4,7H2,1-3H3. The van der Waals surface area contributed by atoms with Gasteiger partial charge in [-0.2, -0.15) is 5.10 Å². The van der Waals surface area contributed by atoms with Crippen molar-refractivity contribution in [3.05, 3.63) is 38.3 Å². The Labute approximate surface area is 115 Å². The zero-order chi connectivity index (χ0) is 13.3. The van der Waals surface area contributed by atoms with E-state index in [-0.39, 0.29) is 5.78 Å². The first kappa shape index (κ1) is 13.3. The number of hydrogen-bond acceptors (Lipinski definition) is 3. The van der Waals surface area contributed by atoms with Crippen molar-refractivity contribution in [2.24, 2.45) is 7.05 Å². The Morgan fingerprint density at radius 1 is 1.50 bits per heavy atom. The topological polar surface area (TPSA) is 34.9 Å². The van der Waals surface area contributed by atoms with Crippen LogP contribution in [0.5, 0.6) is 0 Å². The highest BCUT2D eigenvalue weighted by Crippen LogP contribution is 2.23. The van der Waals surface area contributed by atoms with Gasteiger partial charge < -0.3 is 0 Å². The van der Waals surface area contributed by atoms with Crippen LogP contribution < -0.4 is 0 Å². The molecule has 0 bridgehead atoms. The molecule has 0 fully saturated rings. The monoisotopic (exact) mass is 282 g/mol. The highest BCUT2D eigenvalue weighted by Gasteiger charge is 2.17. The first-order valence-corrected chi connectivity index (χ1v) is 7.02. The molecule has 0 aliphatic heterocycles. The predicted octanol–water partition coefficient (Wildman–Crippen LogP) is 3.43. The average molecular weight is 283 g/mol. The van der Waals surface area contributed by atoms with E-state index < -0.39 is 0 Å². The fraction of sp³-hybridized carbons (Fsp3) is 0.385. The van der Waals surface area contributed by atoms with E-state index in [2.05, 4.69) is 12.0 Å². The van der Waals surface area contributed by atoms with E-state index in [0.717, 1.165) is 22.7 Å². The van der Waals surface area contributed by atoms with Crippen LogP contribution in [0.3, 0.4) is 0 Å². The molecule has 0 saturated carbocycles. The van der Waals surface area contributed by atoms with Gasteiger partial charge in [-0.15, -0.1) is 11.3 Å². The average Bonchev–Trinajstić information content (AvgIpc) is 2.90. The van der Waals surface area contributed by atoms with Gasteiger partial charge in [0, 0.05) is 11.9 Å². The van der Waals surface area contributed by atoms with Crippen LogP contribution in [0.1, 0.15) is 32.9 Å². The van der Waals surface area contributed by atoms with Crippen molar-refractivity contribution in [1.29, 1.82) is 0 Å². The summed E-state index contributed by atoms with van der Waals surface area (Å²) >= 11 is 7.70. The predicted molar refractivity (Wildman–Crippen MR) is 74.7 cm³/mol. The third-order valence-electron chi connectivity index (χ3n) is 2.87. The Morgan fingerprint density at radius 2 is 2.22 bits per heavy atom. The van der Waals surface area contributed by atoms with E-state index in [0.29, 0.717) is 11.4 Å². The lowest BCUT2D eigenvalue weighted by Crippen LogP contribution is -2.06. The van der Waals surface area contributed by atoms with Gasteiger partial charge in [0.25, 0.3) is 0 Å². The van der Waals surface area contributed by atoms with Crippen molar-refractivity contribution in [3.63, 3.8) is 0 Å². The molecule has 0 radical (unpaired) electrons. The SMILES string of the molecule is CCc1ccc(C(=O)Cc2c(Cl)c(C)nn2C)s1. The molecule has 2 aromatic heterocycles. The molecule has 0 amide bonds. The van der Waals surface area contributed by atoms with E-state index in [9.17, 15) is 4.79 Å². The third kappa shape index (κ3) is 2.49. The first-order chi connectivity index (χ1) is 8.52. The third-order valence-corrected chi connectivity index (χ3v) is 4.64. The Kier molecular flexibility index (Phi) is 3.88. The molecule has 0 aliphatic carbocycles. The normalized spacial score (nSPS) is 10.9. The number of aromatic nitrogens is 2. The molecule has 2 heterocycles. The van der Waals surface area contributed by atoms with Crippen molar-refractivity contribution in [1.82, 2.24) is 9.78 Å². The summed E-state index contributed by atoms with van der Waals surface area (Å²) in [5, 5.41) is 4.81. The van der Waals surface area contributed by atoms with Crippen molar-refractivity contribution in [2.75, 3.05) is 0 Å². The lowest BCUT2D eigenvalue weighted by Gasteiger charge is -2.00. The summed E-state index contributed by atoms with van der Waals surface area (Å²) in [4.78, 5) is 14.2. The fourth-order valence-corrected chi connectivity index (χ4v) is 2.94. The van der Waals surface area contributed by atoms with E-state index in [4.69, 9.17) is 11.6 Å². The first-order valence-electron chi connectivity index (χ1n) is 5.82. The highest BCUT2D eigenvalue weighted by molar-refractivity contribution is 7.14. The molecule has 2 rings (SSSR count). The van der Waals surface area contributed by atoms with Crippen LogP contribution in [0, 0.1) is 6.92 Å². The molecule has 2 aromatic rings. The summed E-state index contributed by atoms with van der Waals surface area (Å²) in [7, 11) is 1.81. The van der Waals surface area contributed by atoms with Gasteiger partial charge in [-0.05, 0) is 25.5 Å². The quantitative estimate of drug-likeness (QED) is 0.805. The van der Waals surface area contributed by atoms with E-state index in [1.165, 1.54) is 4.88 Å². The number of thiophene rings is 1. The molecule has 18 heavy (non-hydrogen) atoms. The van der Waals surface area contributed by atoms with Gasteiger partial charge in [0.1, 0.15) is 0 Å². The van der Waals surface area contributed by atoms with Crippen LogP contribution in [0.25, 0.3) is 0 Å². The molecular formula is C13H15ClN2OS. The van der Waals surface area contributed by atoms with Gasteiger partial charge in [0.15, 0.2) is 5.78 Å². The number of aryl methyl sites for hydroxylation is 3. The van der Waals surface area contributed by atoms with Crippen LogP contribution in [0.15, 0.2) is 12.1 Å². The second-order valence-electron chi connectivity index (χ2n) is 4.19. The molecule has 0 unspecified atom stereocenters. The lowest BCUT2D eigenvalue weighted by atomic mass is 10.2. The molecule has 0 spiro atoms. The van der Waals surface area contributed by atoms with Gasteiger partial charge in [0.05, 0.1) is 27.7 Å². The zero-order valence-corrected chi connectivity index (χ0v) is 12.2. The van der Waals surface area contributed by atoms with Gasteiger partial charge in [-0.3, -0.25) is 9.48 Å². The smallest absolute Gasteiger partial charge is 0.178 e.